The number of rotatable bonds is 4. The van der Waals surface area contributed by atoms with Gasteiger partial charge in [-0.15, -0.1) is 0 Å². The van der Waals surface area contributed by atoms with Crippen molar-refractivity contribution in [3.05, 3.63) is 52.4 Å². The summed E-state index contributed by atoms with van der Waals surface area (Å²) in [5.74, 6) is -2.47. The first-order chi connectivity index (χ1) is 14.0. The van der Waals surface area contributed by atoms with Crippen molar-refractivity contribution in [1.82, 2.24) is 0 Å². The second-order valence-corrected chi connectivity index (χ2v) is 7.48. The van der Waals surface area contributed by atoms with E-state index in [1.54, 1.807) is 27.7 Å². The molecule has 0 radical (unpaired) electrons. The monoisotopic (exact) mass is 417 g/mol. The van der Waals surface area contributed by atoms with Crippen molar-refractivity contribution in [2.45, 2.75) is 46.1 Å². The summed E-state index contributed by atoms with van der Waals surface area (Å²) < 4.78 is 30.2. The Morgan fingerprint density at radius 2 is 2.03 bits per heavy atom. The summed E-state index contributed by atoms with van der Waals surface area (Å²) in [6, 6.07) is 5.82. The zero-order chi connectivity index (χ0) is 22.6. The number of nitrogens with zero attached hydrogens (tertiary/aromatic N) is 1. The number of carbonyl (C=O) groups is 2. The zero-order valence-corrected chi connectivity index (χ0v) is 17.5. The predicted molar refractivity (Wildman–Crippen MR) is 106 cm³/mol. The maximum atomic E-state index is 14.7. The van der Waals surface area contributed by atoms with Crippen LogP contribution in [0.4, 0.5) is 14.9 Å². The smallest absolute Gasteiger partial charge is 0.412 e. The van der Waals surface area contributed by atoms with Crippen LogP contribution in [-0.4, -0.2) is 24.3 Å². The Morgan fingerprint density at radius 1 is 1.37 bits per heavy atom. The van der Waals surface area contributed by atoms with Gasteiger partial charge in [-0.25, -0.2) is 14.0 Å². The van der Waals surface area contributed by atoms with Gasteiger partial charge in [0.15, 0.2) is 0 Å². The molecule has 0 bridgehead atoms. The number of allylic oxidation sites excluding steroid dienone is 2. The molecule has 0 saturated carbocycles. The predicted octanol–water partition coefficient (Wildman–Crippen LogP) is 3.82. The fraction of sp³-hybridized carbons (Fsp3) is 0.381. The molecule has 1 atom stereocenters. The number of benzene rings is 1. The van der Waals surface area contributed by atoms with Crippen LogP contribution < -0.4 is 11.1 Å². The average Bonchev–Trinajstić information content (AvgIpc) is 2.61. The van der Waals surface area contributed by atoms with E-state index in [2.05, 4.69) is 5.32 Å². The van der Waals surface area contributed by atoms with Crippen molar-refractivity contribution >= 4 is 17.7 Å². The lowest BCUT2D eigenvalue weighted by Crippen LogP contribution is -2.27. The highest BCUT2D eigenvalue weighted by atomic mass is 19.1. The van der Waals surface area contributed by atoms with E-state index in [9.17, 15) is 19.2 Å². The van der Waals surface area contributed by atoms with Crippen LogP contribution in [0, 0.1) is 17.1 Å². The van der Waals surface area contributed by atoms with Gasteiger partial charge >= 0.3 is 12.1 Å². The van der Waals surface area contributed by atoms with Crippen LogP contribution in [0.25, 0.3) is 0 Å². The minimum absolute atomic E-state index is 0.0455. The molecule has 30 heavy (non-hydrogen) atoms. The molecule has 0 spiro atoms. The lowest BCUT2D eigenvalue weighted by Gasteiger charge is -2.27. The SMILES string of the molecule is CCOC(=O)C1=C(C)OC(N)=C(C#N)C1c1ccc(NC(=O)OC(C)(C)C)c(F)c1. The number of nitrogens with two attached hydrogens (primary N) is 1. The minimum atomic E-state index is -0.979. The zero-order valence-electron chi connectivity index (χ0n) is 17.5. The molecule has 1 aliphatic rings. The summed E-state index contributed by atoms with van der Waals surface area (Å²) in [7, 11) is 0. The Morgan fingerprint density at radius 3 is 2.57 bits per heavy atom. The quantitative estimate of drug-likeness (QED) is 0.714. The number of ether oxygens (including phenoxy) is 3. The summed E-state index contributed by atoms with van der Waals surface area (Å²) in [4.78, 5) is 24.4. The molecule has 1 unspecified atom stereocenters. The number of halogens is 1. The molecule has 1 aromatic carbocycles. The van der Waals surface area contributed by atoms with E-state index in [0.717, 1.165) is 6.07 Å². The Bertz CT molecular complexity index is 970. The summed E-state index contributed by atoms with van der Waals surface area (Å²) in [6.07, 6.45) is -0.815. The van der Waals surface area contributed by atoms with E-state index in [0.29, 0.717) is 0 Å². The van der Waals surface area contributed by atoms with Gasteiger partial charge in [-0.2, -0.15) is 5.26 Å². The molecule has 1 heterocycles. The Hall–Kier alpha value is -3.54. The molecule has 3 N–H and O–H groups in total. The number of esters is 1. The van der Waals surface area contributed by atoms with Gasteiger partial charge in [0.25, 0.3) is 0 Å². The molecule has 8 nitrogen and oxygen atoms in total. The molecular formula is C21H24FN3O5. The molecule has 1 aromatic rings. The number of hydrogen-bond acceptors (Lipinski definition) is 7. The van der Waals surface area contributed by atoms with Gasteiger partial charge in [0.05, 0.1) is 23.8 Å². The van der Waals surface area contributed by atoms with E-state index in [1.165, 1.54) is 19.1 Å². The van der Waals surface area contributed by atoms with Crippen LogP contribution in [0.5, 0.6) is 0 Å². The first-order valence-electron chi connectivity index (χ1n) is 9.23. The van der Waals surface area contributed by atoms with Crippen LogP contribution in [0.3, 0.4) is 0 Å². The van der Waals surface area contributed by atoms with Crippen LogP contribution in [0.15, 0.2) is 41.0 Å². The van der Waals surface area contributed by atoms with Crippen molar-refractivity contribution in [2.75, 3.05) is 11.9 Å². The van der Waals surface area contributed by atoms with E-state index in [1.807, 2.05) is 6.07 Å². The van der Waals surface area contributed by atoms with Crippen LogP contribution in [-0.2, 0) is 19.0 Å². The first kappa shape index (κ1) is 22.7. The summed E-state index contributed by atoms with van der Waals surface area (Å²) in [5, 5.41) is 11.9. The maximum absolute atomic E-state index is 14.7. The summed E-state index contributed by atoms with van der Waals surface area (Å²) >= 11 is 0. The van der Waals surface area contributed by atoms with E-state index < -0.39 is 29.4 Å². The highest BCUT2D eigenvalue weighted by molar-refractivity contribution is 5.92. The number of amides is 1. The molecular weight excluding hydrogens is 393 g/mol. The topological polar surface area (TPSA) is 124 Å². The first-order valence-corrected chi connectivity index (χ1v) is 9.23. The minimum Gasteiger partial charge on any atom is -0.463 e. The summed E-state index contributed by atoms with van der Waals surface area (Å²) in [6.45, 7) is 8.30. The molecule has 0 aliphatic carbocycles. The normalized spacial score (nSPS) is 16.5. The number of hydrogen-bond donors (Lipinski definition) is 2. The van der Waals surface area contributed by atoms with E-state index in [-0.39, 0.29) is 40.6 Å². The van der Waals surface area contributed by atoms with Crippen molar-refractivity contribution in [3.8, 4) is 6.07 Å². The third kappa shape index (κ3) is 5.08. The second kappa shape index (κ2) is 8.86. The Labute approximate surface area is 174 Å². The van der Waals surface area contributed by atoms with Crippen LogP contribution in [0.2, 0.25) is 0 Å². The van der Waals surface area contributed by atoms with Gasteiger partial charge in [-0.05, 0) is 52.3 Å². The number of anilines is 1. The van der Waals surface area contributed by atoms with Crippen LogP contribution in [0.1, 0.15) is 46.1 Å². The van der Waals surface area contributed by atoms with Gasteiger partial charge in [-0.1, -0.05) is 6.07 Å². The van der Waals surface area contributed by atoms with Gasteiger partial charge in [-0.3, -0.25) is 5.32 Å². The molecule has 0 saturated heterocycles. The molecule has 0 fully saturated rings. The van der Waals surface area contributed by atoms with E-state index in [4.69, 9.17) is 19.9 Å². The molecule has 9 heteroatoms. The molecule has 2 rings (SSSR count). The largest absolute Gasteiger partial charge is 0.463 e. The van der Waals surface area contributed by atoms with E-state index >= 15 is 0 Å². The molecule has 1 aliphatic heterocycles. The van der Waals surface area contributed by atoms with Gasteiger partial charge in [0.2, 0.25) is 5.88 Å². The fourth-order valence-corrected chi connectivity index (χ4v) is 2.91. The second-order valence-electron chi connectivity index (χ2n) is 7.48. The van der Waals surface area contributed by atoms with Crippen molar-refractivity contribution in [1.29, 1.82) is 5.26 Å². The van der Waals surface area contributed by atoms with Crippen molar-refractivity contribution < 1.29 is 28.2 Å². The molecule has 160 valence electrons. The number of nitriles is 1. The Balaban J connectivity index is 2.45. The fourth-order valence-electron chi connectivity index (χ4n) is 2.91. The highest BCUT2D eigenvalue weighted by Crippen LogP contribution is 2.40. The third-order valence-corrected chi connectivity index (χ3v) is 4.06. The van der Waals surface area contributed by atoms with Crippen LogP contribution >= 0.6 is 0 Å². The van der Waals surface area contributed by atoms with Crippen molar-refractivity contribution in [3.63, 3.8) is 0 Å². The number of nitrogens with one attached hydrogen (secondary N) is 1. The maximum Gasteiger partial charge on any atom is 0.412 e. The standard InChI is InChI=1S/C21H24FN3O5/c1-6-28-19(26)16-11(2)29-18(24)13(10-23)17(16)12-7-8-15(14(22)9-12)25-20(27)30-21(3,4)5/h7-9,17H,6,24H2,1-5H3,(H,25,27). The average molecular weight is 417 g/mol. The third-order valence-electron chi connectivity index (χ3n) is 4.06. The molecule has 1 amide bonds. The van der Waals surface area contributed by atoms with Gasteiger partial charge in [0.1, 0.15) is 28.8 Å². The molecule has 0 aromatic heterocycles. The van der Waals surface area contributed by atoms with Gasteiger partial charge < -0.3 is 19.9 Å². The lowest BCUT2D eigenvalue weighted by molar-refractivity contribution is -0.139. The van der Waals surface area contributed by atoms with Crippen molar-refractivity contribution in [2.24, 2.45) is 5.73 Å². The summed E-state index contributed by atoms with van der Waals surface area (Å²) in [5.41, 5.74) is 5.23. The highest BCUT2D eigenvalue weighted by Gasteiger charge is 2.36. The number of carbonyl (C=O) groups excluding carboxylic acids is 2. The lowest BCUT2D eigenvalue weighted by atomic mass is 9.83. The van der Waals surface area contributed by atoms with Gasteiger partial charge in [0, 0.05) is 0 Å². The Kier molecular flexibility index (Phi) is 6.72.